The summed E-state index contributed by atoms with van der Waals surface area (Å²) in [5, 5.41) is 1.47. The molecule has 43 heavy (non-hydrogen) atoms. The van der Waals surface area contributed by atoms with Gasteiger partial charge in [0.25, 0.3) is 0 Å². The predicted molar refractivity (Wildman–Crippen MR) is 165 cm³/mol. The second-order valence-electron chi connectivity index (χ2n) is 16.4. The number of ether oxygens (including phenoxy) is 5. The Labute approximate surface area is 255 Å². The van der Waals surface area contributed by atoms with E-state index in [2.05, 4.69) is 90.7 Å². The van der Waals surface area contributed by atoms with Crippen molar-refractivity contribution in [3.8, 4) is 0 Å². The molecule has 0 amide bonds. The van der Waals surface area contributed by atoms with Crippen LogP contribution in [-0.4, -0.2) is 52.5 Å². The average molecular weight is 586 g/mol. The van der Waals surface area contributed by atoms with E-state index < -0.39 is 17.5 Å². The van der Waals surface area contributed by atoms with Gasteiger partial charge in [0.05, 0.1) is 5.60 Å². The third kappa shape index (κ3) is 3.29. The van der Waals surface area contributed by atoms with E-state index in [9.17, 15) is 0 Å². The fraction of sp³-hybridized carbons (Fsp3) is 0.676. The zero-order valence-electron chi connectivity index (χ0n) is 27.0. The minimum absolute atomic E-state index is 0.0194. The molecule has 10 atom stereocenters. The van der Waals surface area contributed by atoms with Gasteiger partial charge in [0.1, 0.15) is 29.7 Å². The first-order valence-corrected chi connectivity index (χ1v) is 16.6. The molecule has 7 aliphatic rings. The van der Waals surface area contributed by atoms with Gasteiger partial charge in [0.2, 0.25) is 0 Å². The van der Waals surface area contributed by atoms with Crippen LogP contribution in [0.5, 0.6) is 0 Å². The van der Waals surface area contributed by atoms with Gasteiger partial charge in [-0.2, -0.15) is 0 Å². The molecule has 1 aromatic carbocycles. The Kier molecular flexibility index (Phi) is 5.17. The summed E-state index contributed by atoms with van der Waals surface area (Å²) in [4.78, 5) is 4.02. The average Bonchev–Trinajstić information content (AvgIpc) is 3.75. The topological polar surface area (TPSA) is 68.5 Å². The molecule has 4 saturated heterocycles. The lowest BCUT2D eigenvalue weighted by molar-refractivity contribution is -0.329. The highest BCUT2D eigenvalue weighted by Gasteiger charge is 2.81. The highest BCUT2D eigenvalue weighted by molar-refractivity contribution is 5.89. The van der Waals surface area contributed by atoms with Crippen LogP contribution in [0.25, 0.3) is 10.9 Å². The second kappa shape index (κ2) is 8.17. The third-order valence-corrected chi connectivity index (χ3v) is 13.1. The number of hydrogen-bond donors (Lipinski definition) is 1. The van der Waals surface area contributed by atoms with E-state index in [1.54, 1.807) is 5.56 Å². The predicted octanol–water partition coefficient (Wildman–Crippen LogP) is 7.04. The molecule has 5 heterocycles. The standard InChI is InChI=1S/C37H47NO5/c1-19(2)12-13-20-10-9-11-23-26(20)22-18-21-14-15-24-35(7,36(21,8)28(22)38-23)17-16-25-37(24)30(42-37)27-29(39-25)33(3,4)43-32(40-27)31-34(5,6)41-31/h9-12,16,21,24,27,29-32,38H,13-15,17-18H2,1-8H3/t21-,24?,27?,29?,30?,31?,32?,35-,36+,37?/m0/s1. The van der Waals surface area contributed by atoms with Crippen LogP contribution < -0.4 is 0 Å². The Morgan fingerprint density at radius 2 is 1.72 bits per heavy atom. The van der Waals surface area contributed by atoms with Crippen molar-refractivity contribution in [2.45, 2.75) is 140 Å². The minimum Gasteiger partial charge on any atom is -0.486 e. The van der Waals surface area contributed by atoms with Crippen LogP contribution in [0.1, 0.15) is 91.5 Å². The summed E-state index contributed by atoms with van der Waals surface area (Å²) in [5.74, 6) is 2.01. The van der Waals surface area contributed by atoms with Crippen LogP contribution in [0.2, 0.25) is 0 Å². The van der Waals surface area contributed by atoms with Crippen molar-refractivity contribution in [1.82, 2.24) is 4.98 Å². The first-order chi connectivity index (χ1) is 20.3. The molecule has 5 fully saturated rings. The normalized spacial score (nSPS) is 45.8. The van der Waals surface area contributed by atoms with Crippen molar-refractivity contribution < 1.29 is 23.7 Å². The summed E-state index contributed by atoms with van der Waals surface area (Å²) in [7, 11) is 0. The van der Waals surface area contributed by atoms with Gasteiger partial charge in [-0.05, 0) is 108 Å². The van der Waals surface area contributed by atoms with Gasteiger partial charge < -0.3 is 28.7 Å². The summed E-state index contributed by atoms with van der Waals surface area (Å²) >= 11 is 0. The van der Waals surface area contributed by atoms with Crippen LogP contribution in [-0.2, 0) is 41.9 Å². The van der Waals surface area contributed by atoms with Crippen molar-refractivity contribution in [2.75, 3.05) is 0 Å². The number of nitrogens with one attached hydrogen (secondary N) is 1. The van der Waals surface area contributed by atoms with E-state index in [0.717, 1.165) is 31.4 Å². The molecule has 9 rings (SSSR count). The fourth-order valence-corrected chi connectivity index (χ4v) is 10.6. The number of H-pyrrole nitrogens is 1. The highest BCUT2D eigenvalue weighted by Crippen LogP contribution is 2.73. The molecule has 0 bridgehead atoms. The summed E-state index contributed by atoms with van der Waals surface area (Å²) in [6.07, 6.45) is 9.36. The molecule has 3 aliphatic carbocycles. The molecule has 1 aromatic heterocycles. The maximum absolute atomic E-state index is 6.95. The molecule has 7 unspecified atom stereocenters. The number of benzene rings is 1. The van der Waals surface area contributed by atoms with Crippen LogP contribution in [0.4, 0.5) is 0 Å². The van der Waals surface area contributed by atoms with E-state index in [1.165, 1.54) is 34.2 Å². The van der Waals surface area contributed by atoms with E-state index >= 15 is 0 Å². The Balaban J connectivity index is 1.11. The number of aromatic nitrogens is 1. The van der Waals surface area contributed by atoms with Gasteiger partial charge >= 0.3 is 0 Å². The number of epoxide rings is 2. The summed E-state index contributed by atoms with van der Waals surface area (Å²) in [6, 6.07) is 6.82. The smallest absolute Gasteiger partial charge is 0.188 e. The third-order valence-electron chi connectivity index (χ3n) is 13.1. The monoisotopic (exact) mass is 585 g/mol. The lowest BCUT2D eigenvalue weighted by atomic mass is 9.44. The van der Waals surface area contributed by atoms with Crippen LogP contribution in [0, 0.1) is 17.3 Å². The summed E-state index contributed by atoms with van der Waals surface area (Å²) < 4.78 is 33.0. The molecular weight excluding hydrogens is 538 g/mol. The van der Waals surface area contributed by atoms with E-state index in [1.807, 2.05) is 0 Å². The van der Waals surface area contributed by atoms with Gasteiger partial charge in [-0.1, -0.05) is 37.6 Å². The molecule has 1 saturated carbocycles. The Morgan fingerprint density at radius 3 is 2.47 bits per heavy atom. The molecule has 0 radical (unpaired) electrons. The fourth-order valence-electron chi connectivity index (χ4n) is 10.6. The summed E-state index contributed by atoms with van der Waals surface area (Å²) in [5.41, 5.74) is 6.04. The lowest BCUT2D eigenvalue weighted by Gasteiger charge is -2.60. The van der Waals surface area contributed by atoms with E-state index in [4.69, 9.17) is 23.7 Å². The van der Waals surface area contributed by atoms with E-state index in [-0.39, 0.29) is 40.8 Å². The molecule has 6 nitrogen and oxygen atoms in total. The molecule has 1 N–H and O–H groups in total. The number of rotatable bonds is 3. The first kappa shape index (κ1) is 27.2. The lowest BCUT2D eigenvalue weighted by Crippen LogP contribution is -2.66. The minimum atomic E-state index is -0.507. The SMILES string of the molecule is CC(C)=CCc1cccc2[nH]c3c(c12)C[C@@H]1CCC2C45OC4C4OC(C6OC6(C)C)OC(C)(C)C4OC5=CC[C@]2(C)[C@@]31C. The molecule has 2 aromatic rings. The van der Waals surface area contributed by atoms with Crippen molar-refractivity contribution >= 4 is 10.9 Å². The zero-order valence-corrected chi connectivity index (χ0v) is 27.0. The van der Waals surface area contributed by atoms with Crippen molar-refractivity contribution in [3.05, 3.63) is 58.5 Å². The quantitative estimate of drug-likeness (QED) is 0.309. The molecular formula is C37H47NO5. The van der Waals surface area contributed by atoms with Gasteiger partial charge in [-0.3, -0.25) is 0 Å². The maximum Gasteiger partial charge on any atom is 0.188 e. The molecule has 230 valence electrons. The molecule has 1 spiro atoms. The number of hydrogen-bond acceptors (Lipinski definition) is 5. The second-order valence-corrected chi connectivity index (χ2v) is 16.4. The van der Waals surface area contributed by atoms with Crippen LogP contribution >= 0.6 is 0 Å². The van der Waals surface area contributed by atoms with Crippen molar-refractivity contribution in [3.63, 3.8) is 0 Å². The van der Waals surface area contributed by atoms with Gasteiger partial charge in [0, 0.05) is 27.9 Å². The zero-order chi connectivity index (χ0) is 29.9. The number of fused-ring (bicyclic) bond motifs is 9. The van der Waals surface area contributed by atoms with Gasteiger partial charge in [0.15, 0.2) is 18.0 Å². The van der Waals surface area contributed by atoms with Crippen molar-refractivity contribution in [1.29, 1.82) is 0 Å². The Hall–Kier alpha value is -2.12. The molecule has 6 heteroatoms. The largest absolute Gasteiger partial charge is 0.486 e. The number of allylic oxidation sites excluding steroid dienone is 3. The highest BCUT2D eigenvalue weighted by atomic mass is 16.8. The Morgan fingerprint density at radius 1 is 0.953 bits per heavy atom. The first-order valence-electron chi connectivity index (χ1n) is 16.6. The van der Waals surface area contributed by atoms with Gasteiger partial charge in [-0.25, -0.2) is 0 Å². The van der Waals surface area contributed by atoms with Gasteiger partial charge in [-0.15, -0.1) is 0 Å². The maximum atomic E-state index is 6.95. The Bertz CT molecular complexity index is 1610. The van der Waals surface area contributed by atoms with E-state index in [0.29, 0.717) is 11.8 Å². The van der Waals surface area contributed by atoms with Crippen LogP contribution in [0.3, 0.4) is 0 Å². The van der Waals surface area contributed by atoms with Crippen molar-refractivity contribution in [2.24, 2.45) is 17.3 Å². The summed E-state index contributed by atoms with van der Waals surface area (Å²) in [6.45, 7) is 18.0. The molecule has 4 aliphatic heterocycles. The van der Waals surface area contributed by atoms with Crippen LogP contribution in [0.15, 0.2) is 41.7 Å². The number of aromatic amines is 1.